The molecule has 2 aromatic rings. The second-order valence-electron chi connectivity index (χ2n) is 4.46. The molecule has 0 atom stereocenters. The molecule has 20 heavy (non-hydrogen) atoms. The Morgan fingerprint density at radius 1 is 1.30 bits per heavy atom. The smallest absolute Gasteiger partial charge is 0.306 e. The lowest BCUT2D eigenvalue weighted by Crippen LogP contribution is -2.11. The molecule has 1 heterocycles. The van der Waals surface area contributed by atoms with Gasteiger partial charge in [-0.25, -0.2) is 4.68 Å². The number of rotatable bonds is 7. The Balaban J connectivity index is 1.76. The molecule has 6 heteroatoms. The molecule has 0 saturated heterocycles. The molecular weight excluding hydrogens is 256 g/mol. The van der Waals surface area contributed by atoms with Crippen LogP contribution in [0.2, 0.25) is 0 Å². The van der Waals surface area contributed by atoms with Crippen LogP contribution in [0.4, 0.5) is 0 Å². The largest absolute Gasteiger partial charge is 0.457 e. The molecule has 0 N–H and O–H groups in total. The number of hydrogen-bond donors (Lipinski definition) is 0. The molecule has 0 fully saturated rings. The van der Waals surface area contributed by atoms with Crippen molar-refractivity contribution in [2.24, 2.45) is 0 Å². The maximum absolute atomic E-state index is 11.7. The third-order valence-corrected chi connectivity index (χ3v) is 2.86. The third kappa shape index (κ3) is 4.15. The SMILES string of the molecule is CCCn1nnnc1COC(=O)CCc1ccccc1. The van der Waals surface area contributed by atoms with E-state index in [1.165, 1.54) is 0 Å². The van der Waals surface area contributed by atoms with Crippen molar-refractivity contribution < 1.29 is 9.53 Å². The Labute approximate surface area is 117 Å². The quantitative estimate of drug-likeness (QED) is 0.719. The summed E-state index contributed by atoms with van der Waals surface area (Å²) < 4.78 is 6.85. The highest BCUT2D eigenvalue weighted by atomic mass is 16.5. The normalized spacial score (nSPS) is 10.4. The minimum Gasteiger partial charge on any atom is -0.457 e. The maximum atomic E-state index is 11.7. The van der Waals surface area contributed by atoms with E-state index >= 15 is 0 Å². The summed E-state index contributed by atoms with van der Waals surface area (Å²) in [6.07, 6.45) is 1.97. The summed E-state index contributed by atoms with van der Waals surface area (Å²) in [7, 11) is 0. The molecule has 0 amide bonds. The van der Waals surface area contributed by atoms with E-state index in [4.69, 9.17) is 4.74 Å². The van der Waals surface area contributed by atoms with E-state index in [1.807, 2.05) is 37.3 Å². The number of carbonyl (C=O) groups excluding carboxylic acids is 1. The fraction of sp³-hybridized carbons (Fsp3) is 0.429. The van der Waals surface area contributed by atoms with Gasteiger partial charge in [-0.3, -0.25) is 4.79 Å². The molecule has 1 aromatic carbocycles. The van der Waals surface area contributed by atoms with Gasteiger partial charge in [0.15, 0.2) is 12.4 Å². The molecule has 2 rings (SSSR count). The molecule has 0 saturated carbocycles. The summed E-state index contributed by atoms with van der Waals surface area (Å²) in [5.74, 6) is 0.347. The average molecular weight is 274 g/mol. The van der Waals surface area contributed by atoms with E-state index in [0.717, 1.165) is 18.5 Å². The number of aryl methyl sites for hydroxylation is 2. The Morgan fingerprint density at radius 3 is 2.85 bits per heavy atom. The fourth-order valence-electron chi connectivity index (χ4n) is 1.82. The molecule has 0 spiro atoms. The van der Waals surface area contributed by atoms with Gasteiger partial charge in [-0.15, -0.1) is 5.10 Å². The van der Waals surface area contributed by atoms with Gasteiger partial charge in [0.1, 0.15) is 0 Å². The highest BCUT2D eigenvalue weighted by Crippen LogP contribution is 2.04. The summed E-state index contributed by atoms with van der Waals surface area (Å²) in [5.41, 5.74) is 1.13. The highest BCUT2D eigenvalue weighted by molar-refractivity contribution is 5.69. The van der Waals surface area contributed by atoms with Gasteiger partial charge in [0.2, 0.25) is 0 Å². The molecule has 106 valence electrons. The van der Waals surface area contributed by atoms with Gasteiger partial charge < -0.3 is 4.74 Å². The average Bonchev–Trinajstić information content (AvgIpc) is 2.92. The molecule has 0 aliphatic rings. The number of aromatic nitrogens is 4. The number of benzene rings is 1. The third-order valence-electron chi connectivity index (χ3n) is 2.86. The summed E-state index contributed by atoms with van der Waals surface area (Å²) in [4.78, 5) is 11.7. The number of ether oxygens (including phenoxy) is 1. The zero-order valence-electron chi connectivity index (χ0n) is 11.5. The van der Waals surface area contributed by atoms with Crippen molar-refractivity contribution in [3.63, 3.8) is 0 Å². The lowest BCUT2D eigenvalue weighted by atomic mass is 10.1. The molecule has 0 aliphatic carbocycles. The first-order valence-corrected chi connectivity index (χ1v) is 6.74. The van der Waals surface area contributed by atoms with Crippen LogP contribution in [0.15, 0.2) is 30.3 Å². The first kappa shape index (κ1) is 14.2. The van der Waals surface area contributed by atoms with Crippen LogP contribution in [0, 0.1) is 0 Å². The van der Waals surface area contributed by atoms with E-state index < -0.39 is 0 Å². The van der Waals surface area contributed by atoms with Gasteiger partial charge in [-0.1, -0.05) is 37.3 Å². The van der Waals surface area contributed by atoms with Crippen molar-refractivity contribution in [3.8, 4) is 0 Å². The van der Waals surface area contributed by atoms with E-state index in [9.17, 15) is 4.79 Å². The van der Waals surface area contributed by atoms with E-state index in [2.05, 4.69) is 15.5 Å². The van der Waals surface area contributed by atoms with Crippen molar-refractivity contribution in [3.05, 3.63) is 41.7 Å². The first-order chi connectivity index (χ1) is 9.79. The Bertz CT molecular complexity index is 539. The number of esters is 1. The number of hydrogen-bond acceptors (Lipinski definition) is 5. The molecule has 0 unspecified atom stereocenters. The van der Waals surface area contributed by atoms with Gasteiger partial charge in [-0.05, 0) is 28.8 Å². The van der Waals surface area contributed by atoms with Crippen LogP contribution in [-0.2, 0) is 29.1 Å². The van der Waals surface area contributed by atoms with Crippen molar-refractivity contribution in [1.82, 2.24) is 20.2 Å². The predicted molar refractivity (Wildman–Crippen MR) is 72.7 cm³/mol. The summed E-state index contributed by atoms with van der Waals surface area (Å²) in [5, 5.41) is 11.3. The van der Waals surface area contributed by atoms with Crippen LogP contribution in [0.3, 0.4) is 0 Å². The second-order valence-corrected chi connectivity index (χ2v) is 4.46. The van der Waals surface area contributed by atoms with E-state index in [-0.39, 0.29) is 12.6 Å². The van der Waals surface area contributed by atoms with Crippen LogP contribution in [0.25, 0.3) is 0 Å². The van der Waals surface area contributed by atoms with Gasteiger partial charge in [-0.2, -0.15) is 0 Å². The van der Waals surface area contributed by atoms with Gasteiger partial charge in [0, 0.05) is 13.0 Å². The summed E-state index contributed by atoms with van der Waals surface area (Å²) in [6, 6.07) is 9.86. The second kappa shape index (κ2) is 7.37. The van der Waals surface area contributed by atoms with Crippen molar-refractivity contribution >= 4 is 5.97 Å². The number of nitrogens with zero attached hydrogens (tertiary/aromatic N) is 4. The standard InChI is InChI=1S/C14H18N4O2/c1-2-10-18-13(15-16-17-18)11-20-14(19)9-8-12-6-4-3-5-7-12/h3-7H,2,8-11H2,1H3. The highest BCUT2D eigenvalue weighted by Gasteiger charge is 2.09. The lowest BCUT2D eigenvalue weighted by Gasteiger charge is -2.05. The minimum atomic E-state index is -0.236. The molecule has 1 aromatic heterocycles. The topological polar surface area (TPSA) is 69.9 Å². The Morgan fingerprint density at radius 2 is 2.10 bits per heavy atom. The number of tetrazole rings is 1. The van der Waals surface area contributed by atoms with Crippen LogP contribution in [-0.4, -0.2) is 26.2 Å². The summed E-state index contributed by atoms with van der Waals surface area (Å²) >= 11 is 0. The molecular formula is C14H18N4O2. The monoisotopic (exact) mass is 274 g/mol. The van der Waals surface area contributed by atoms with Gasteiger partial charge >= 0.3 is 5.97 Å². The Hall–Kier alpha value is -2.24. The molecule has 0 bridgehead atoms. The van der Waals surface area contributed by atoms with Gasteiger partial charge in [0.05, 0.1) is 0 Å². The van der Waals surface area contributed by atoms with E-state index in [0.29, 0.717) is 18.7 Å². The van der Waals surface area contributed by atoms with Gasteiger partial charge in [0.25, 0.3) is 0 Å². The van der Waals surface area contributed by atoms with Crippen LogP contribution < -0.4 is 0 Å². The number of carbonyl (C=O) groups is 1. The summed E-state index contributed by atoms with van der Waals surface area (Å²) in [6.45, 7) is 2.89. The lowest BCUT2D eigenvalue weighted by molar-refractivity contribution is -0.145. The fourth-order valence-corrected chi connectivity index (χ4v) is 1.82. The van der Waals surface area contributed by atoms with Crippen molar-refractivity contribution in [2.45, 2.75) is 39.3 Å². The van der Waals surface area contributed by atoms with Crippen LogP contribution >= 0.6 is 0 Å². The van der Waals surface area contributed by atoms with Crippen LogP contribution in [0.5, 0.6) is 0 Å². The van der Waals surface area contributed by atoms with Crippen LogP contribution in [0.1, 0.15) is 31.2 Å². The Kier molecular flexibility index (Phi) is 5.23. The molecule has 0 radical (unpaired) electrons. The molecule has 6 nitrogen and oxygen atoms in total. The van der Waals surface area contributed by atoms with Crippen molar-refractivity contribution in [2.75, 3.05) is 0 Å². The first-order valence-electron chi connectivity index (χ1n) is 6.74. The maximum Gasteiger partial charge on any atom is 0.306 e. The zero-order valence-corrected chi connectivity index (χ0v) is 11.5. The van der Waals surface area contributed by atoms with E-state index in [1.54, 1.807) is 4.68 Å². The zero-order chi connectivity index (χ0) is 14.2. The minimum absolute atomic E-state index is 0.126. The van der Waals surface area contributed by atoms with Crippen molar-refractivity contribution in [1.29, 1.82) is 0 Å². The predicted octanol–water partition coefficient (Wildman–Crippen LogP) is 1.76. The molecule has 0 aliphatic heterocycles.